The van der Waals surface area contributed by atoms with Crippen molar-refractivity contribution < 1.29 is 23.0 Å². The highest BCUT2D eigenvalue weighted by atomic mass is 32.1. The fourth-order valence-electron chi connectivity index (χ4n) is 4.64. The summed E-state index contributed by atoms with van der Waals surface area (Å²) in [6, 6.07) is 12.1. The molecule has 2 aliphatic heterocycles. The number of carbonyl (C=O) groups is 1. The van der Waals surface area contributed by atoms with Crippen molar-refractivity contribution in [3.63, 3.8) is 0 Å². The first-order valence-electron chi connectivity index (χ1n) is 11.4. The van der Waals surface area contributed by atoms with Gasteiger partial charge in [-0.05, 0) is 54.8 Å². The standard InChI is InChI=1S/C25H21F2N5O3S/c26-25(27)34-21-7-1-4-19(22(21)35-25)32-13-3-5-18(32)17-15-36-24(29-17)30-23(33)20-6-2-12-31(20)14-16-8-10-28-11-9-16/h1-2,4,6-12,15,18H,3,5,13-14H2,(H,29,30,33). The summed E-state index contributed by atoms with van der Waals surface area (Å²) in [5.41, 5.74) is 2.86. The van der Waals surface area contributed by atoms with Gasteiger partial charge in [0.05, 0.1) is 17.4 Å². The first-order chi connectivity index (χ1) is 17.5. The Bertz CT molecular complexity index is 1410. The lowest BCUT2D eigenvalue weighted by atomic mass is 10.1. The topological polar surface area (TPSA) is 81.5 Å². The first kappa shape index (κ1) is 22.5. The van der Waals surface area contributed by atoms with Crippen LogP contribution in [-0.4, -0.2) is 33.3 Å². The van der Waals surface area contributed by atoms with Crippen LogP contribution in [0, 0.1) is 0 Å². The third-order valence-electron chi connectivity index (χ3n) is 6.22. The van der Waals surface area contributed by atoms with Crippen molar-refractivity contribution in [3.8, 4) is 11.5 Å². The fourth-order valence-corrected chi connectivity index (χ4v) is 5.40. The predicted molar refractivity (Wildman–Crippen MR) is 130 cm³/mol. The minimum Gasteiger partial charge on any atom is -0.395 e. The number of nitrogens with zero attached hydrogens (tertiary/aromatic N) is 4. The van der Waals surface area contributed by atoms with Crippen LogP contribution in [0.2, 0.25) is 0 Å². The predicted octanol–water partition coefficient (Wildman–Crippen LogP) is 5.30. The van der Waals surface area contributed by atoms with Gasteiger partial charge in [0.1, 0.15) is 5.69 Å². The number of fused-ring (bicyclic) bond motifs is 1. The van der Waals surface area contributed by atoms with Gasteiger partial charge in [-0.15, -0.1) is 20.1 Å². The minimum absolute atomic E-state index is 0.0177. The van der Waals surface area contributed by atoms with E-state index in [1.165, 1.54) is 17.4 Å². The number of para-hydroxylation sites is 1. The van der Waals surface area contributed by atoms with E-state index in [1.807, 2.05) is 39.2 Å². The maximum Gasteiger partial charge on any atom is 0.586 e. The number of amides is 1. The molecule has 0 aliphatic carbocycles. The summed E-state index contributed by atoms with van der Waals surface area (Å²) in [5.74, 6) is -0.204. The molecule has 0 radical (unpaired) electrons. The molecule has 0 saturated carbocycles. The number of pyridine rings is 1. The van der Waals surface area contributed by atoms with Crippen LogP contribution in [0.3, 0.4) is 0 Å². The summed E-state index contributed by atoms with van der Waals surface area (Å²) in [5, 5.41) is 5.26. The fraction of sp³-hybridized carbons (Fsp3) is 0.240. The average Bonchev–Trinajstić information content (AvgIpc) is 3.64. The van der Waals surface area contributed by atoms with E-state index in [1.54, 1.807) is 30.6 Å². The van der Waals surface area contributed by atoms with Crippen LogP contribution in [0.25, 0.3) is 0 Å². The van der Waals surface area contributed by atoms with Gasteiger partial charge < -0.3 is 18.9 Å². The molecule has 5 heterocycles. The number of alkyl halides is 2. The van der Waals surface area contributed by atoms with Crippen molar-refractivity contribution in [3.05, 3.63) is 83.4 Å². The van der Waals surface area contributed by atoms with E-state index >= 15 is 0 Å². The Hall–Kier alpha value is -3.99. The Morgan fingerprint density at radius 3 is 2.89 bits per heavy atom. The zero-order valence-electron chi connectivity index (χ0n) is 18.9. The second-order valence-electron chi connectivity index (χ2n) is 8.53. The molecule has 0 bridgehead atoms. The number of benzene rings is 1. The van der Waals surface area contributed by atoms with Crippen LogP contribution >= 0.6 is 11.3 Å². The molecule has 8 nitrogen and oxygen atoms in total. The highest BCUT2D eigenvalue weighted by Gasteiger charge is 2.46. The molecule has 184 valence electrons. The van der Waals surface area contributed by atoms with Crippen molar-refractivity contribution in [2.75, 3.05) is 16.8 Å². The SMILES string of the molecule is O=C(Nc1nc(C2CCCN2c2cccc3c2OC(F)(F)O3)cs1)c1cccn1Cc1ccncc1. The van der Waals surface area contributed by atoms with Crippen LogP contribution in [0.4, 0.5) is 19.6 Å². The quantitative estimate of drug-likeness (QED) is 0.380. The number of hydrogen-bond acceptors (Lipinski definition) is 7. The lowest BCUT2D eigenvalue weighted by molar-refractivity contribution is -0.286. The maximum absolute atomic E-state index is 13.7. The van der Waals surface area contributed by atoms with Gasteiger partial charge >= 0.3 is 6.29 Å². The molecule has 3 aromatic heterocycles. The molecule has 1 amide bonds. The molecule has 36 heavy (non-hydrogen) atoms. The number of hydrogen-bond donors (Lipinski definition) is 1. The molecule has 1 fully saturated rings. The van der Waals surface area contributed by atoms with Gasteiger partial charge in [-0.1, -0.05) is 6.07 Å². The number of nitrogens with one attached hydrogen (secondary N) is 1. The molecule has 2 aliphatic rings. The molecule has 1 atom stereocenters. The number of carbonyl (C=O) groups excluding carboxylic acids is 1. The molecule has 1 saturated heterocycles. The van der Waals surface area contributed by atoms with Gasteiger partial charge in [-0.2, -0.15) is 0 Å². The van der Waals surface area contributed by atoms with Crippen molar-refractivity contribution >= 4 is 28.1 Å². The Kier molecular flexibility index (Phi) is 5.56. The van der Waals surface area contributed by atoms with Crippen LogP contribution in [0.5, 0.6) is 11.5 Å². The second kappa shape index (κ2) is 8.90. The number of aromatic nitrogens is 3. The highest BCUT2D eigenvalue weighted by molar-refractivity contribution is 7.14. The highest BCUT2D eigenvalue weighted by Crippen LogP contribution is 2.50. The smallest absolute Gasteiger partial charge is 0.395 e. The van der Waals surface area contributed by atoms with Gasteiger partial charge in [-0.25, -0.2) is 4.98 Å². The van der Waals surface area contributed by atoms with Crippen LogP contribution in [0.15, 0.2) is 66.4 Å². The lowest BCUT2D eigenvalue weighted by Gasteiger charge is -2.26. The summed E-state index contributed by atoms with van der Waals surface area (Å²) in [7, 11) is 0. The molecule has 0 spiro atoms. The van der Waals surface area contributed by atoms with E-state index in [4.69, 9.17) is 4.74 Å². The number of halogens is 2. The van der Waals surface area contributed by atoms with E-state index in [0.29, 0.717) is 29.6 Å². The first-order valence-corrected chi connectivity index (χ1v) is 12.3. The Balaban J connectivity index is 1.19. The van der Waals surface area contributed by atoms with Crippen LogP contribution in [-0.2, 0) is 6.54 Å². The lowest BCUT2D eigenvalue weighted by Crippen LogP contribution is -2.27. The average molecular weight is 510 g/mol. The Labute approximate surface area is 209 Å². The molecule has 11 heteroatoms. The normalized spacial score (nSPS) is 17.9. The van der Waals surface area contributed by atoms with E-state index in [9.17, 15) is 13.6 Å². The van der Waals surface area contributed by atoms with Crippen molar-refractivity contribution in [1.82, 2.24) is 14.5 Å². The summed E-state index contributed by atoms with van der Waals surface area (Å²) in [4.78, 5) is 23.7. The zero-order valence-corrected chi connectivity index (χ0v) is 19.8. The Morgan fingerprint density at radius 1 is 1.17 bits per heavy atom. The third kappa shape index (κ3) is 4.26. The van der Waals surface area contributed by atoms with Crippen LogP contribution in [0.1, 0.15) is 40.6 Å². The van der Waals surface area contributed by atoms with Gasteiger partial charge in [-0.3, -0.25) is 15.1 Å². The van der Waals surface area contributed by atoms with E-state index in [-0.39, 0.29) is 23.4 Å². The summed E-state index contributed by atoms with van der Waals surface area (Å²) >= 11 is 1.33. The molecular formula is C25H21F2N5O3S. The van der Waals surface area contributed by atoms with Crippen LogP contribution < -0.4 is 19.7 Å². The molecule has 1 aromatic carbocycles. The van der Waals surface area contributed by atoms with Gasteiger partial charge in [0.2, 0.25) is 0 Å². The molecule has 6 rings (SSSR count). The van der Waals surface area contributed by atoms with E-state index < -0.39 is 6.29 Å². The number of anilines is 2. The van der Waals surface area contributed by atoms with Gasteiger partial charge in [0.15, 0.2) is 16.6 Å². The van der Waals surface area contributed by atoms with Crippen molar-refractivity contribution in [2.45, 2.75) is 31.7 Å². The number of thiazole rings is 1. The summed E-state index contributed by atoms with van der Waals surface area (Å²) in [6.45, 7) is 1.21. The third-order valence-corrected chi connectivity index (χ3v) is 6.99. The molecule has 1 N–H and O–H groups in total. The summed E-state index contributed by atoms with van der Waals surface area (Å²) in [6.07, 6.45) is 3.28. The maximum atomic E-state index is 13.7. The largest absolute Gasteiger partial charge is 0.586 e. The minimum atomic E-state index is -3.68. The summed E-state index contributed by atoms with van der Waals surface area (Å²) < 4.78 is 38.7. The molecular weight excluding hydrogens is 488 g/mol. The van der Waals surface area contributed by atoms with Gasteiger partial charge in [0, 0.05) is 37.1 Å². The molecule has 4 aromatic rings. The molecule has 1 unspecified atom stereocenters. The second-order valence-corrected chi connectivity index (χ2v) is 9.39. The van der Waals surface area contributed by atoms with E-state index in [2.05, 4.69) is 20.0 Å². The van der Waals surface area contributed by atoms with E-state index in [0.717, 1.165) is 24.1 Å². The van der Waals surface area contributed by atoms with Gasteiger partial charge in [0.25, 0.3) is 5.91 Å². The van der Waals surface area contributed by atoms with Crippen molar-refractivity contribution in [2.24, 2.45) is 0 Å². The monoisotopic (exact) mass is 509 g/mol. The number of rotatable bonds is 6. The Morgan fingerprint density at radius 2 is 2.03 bits per heavy atom. The van der Waals surface area contributed by atoms with Crippen molar-refractivity contribution in [1.29, 1.82) is 0 Å². The number of ether oxygens (including phenoxy) is 2. The zero-order chi connectivity index (χ0) is 24.7.